The number of ether oxygens (including phenoxy) is 1. The van der Waals surface area contributed by atoms with E-state index in [1.807, 2.05) is 6.92 Å². The lowest BCUT2D eigenvalue weighted by molar-refractivity contribution is 0.0698. The zero-order valence-corrected chi connectivity index (χ0v) is 16.5. The SMILES string of the molecule is CCOc1ccc(S(=O)(=O)N2CCN(C(=O)c3ccccc3Cl)CC2)cc1. The van der Waals surface area contributed by atoms with E-state index in [2.05, 4.69) is 0 Å². The Morgan fingerprint density at radius 1 is 1.04 bits per heavy atom. The van der Waals surface area contributed by atoms with Gasteiger partial charge in [0.15, 0.2) is 0 Å². The second-order valence-corrected chi connectivity index (χ2v) is 8.43. The molecule has 0 radical (unpaired) electrons. The molecule has 1 amide bonds. The maximum Gasteiger partial charge on any atom is 0.255 e. The maximum absolute atomic E-state index is 12.8. The number of carbonyl (C=O) groups is 1. The summed E-state index contributed by atoms with van der Waals surface area (Å²) in [5, 5.41) is 0.395. The summed E-state index contributed by atoms with van der Waals surface area (Å²) in [4.78, 5) is 14.5. The maximum atomic E-state index is 12.8. The van der Waals surface area contributed by atoms with E-state index >= 15 is 0 Å². The summed E-state index contributed by atoms with van der Waals surface area (Å²) in [5.41, 5.74) is 0.432. The van der Waals surface area contributed by atoms with Crippen LogP contribution >= 0.6 is 11.6 Å². The fraction of sp³-hybridized carbons (Fsp3) is 0.316. The van der Waals surface area contributed by atoms with Crippen molar-refractivity contribution in [1.82, 2.24) is 9.21 Å². The molecule has 3 rings (SSSR count). The number of carbonyl (C=O) groups excluding carboxylic acids is 1. The Hall–Kier alpha value is -2.09. The highest BCUT2D eigenvalue weighted by molar-refractivity contribution is 7.89. The summed E-state index contributed by atoms with van der Waals surface area (Å²) in [6.07, 6.45) is 0. The highest BCUT2D eigenvalue weighted by atomic mass is 35.5. The van der Waals surface area contributed by atoms with Gasteiger partial charge in [-0.05, 0) is 43.3 Å². The Morgan fingerprint density at radius 2 is 1.67 bits per heavy atom. The van der Waals surface area contributed by atoms with Gasteiger partial charge in [0.1, 0.15) is 5.75 Å². The van der Waals surface area contributed by atoms with E-state index in [-0.39, 0.29) is 23.9 Å². The number of piperazine rings is 1. The van der Waals surface area contributed by atoms with E-state index in [4.69, 9.17) is 16.3 Å². The third kappa shape index (κ3) is 4.26. The van der Waals surface area contributed by atoms with Crippen molar-refractivity contribution in [1.29, 1.82) is 0 Å². The van der Waals surface area contributed by atoms with Crippen LogP contribution in [0.15, 0.2) is 53.4 Å². The van der Waals surface area contributed by atoms with Gasteiger partial charge in [0, 0.05) is 26.2 Å². The minimum Gasteiger partial charge on any atom is -0.494 e. The molecule has 0 saturated carbocycles. The van der Waals surface area contributed by atoms with Crippen LogP contribution in [0.4, 0.5) is 0 Å². The Kier molecular flexibility index (Phi) is 6.04. The van der Waals surface area contributed by atoms with Gasteiger partial charge in [-0.25, -0.2) is 8.42 Å². The first-order valence-corrected chi connectivity index (χ1v) is 10.5. The van der Waals surface area contributed by atoms with Crippen molar-refractivity contribution in [2.75, 3.05) is 32.8 Å². The number of nitrogens with zero attached hydrogens (tertiary/aromatic N) is 2. The number of rotatable bonds is 5. The van der Waals surface area contributed by atoms with Crippen molar-refractivity contribution in [3.05, 3.63) is 59.1 Å². The average molecular weight is 409 g/mol. The molecule has 144 valence electrons. The summed E-state index contributed by atoms with van der Waals surface area (Å²) in [5.74, 6) is 0.449. The quantitative estimate of drug-likeness (QED) is 0.762. The lowest BCUT2D eigenvalue weighted by Gasteiger charge is -2.34. The van der Waals surface area contributed by atoms with Gasteiger partial charge >= 0.3 is 0 Å². The fourth-order valence-corrected chi connectivity index (χ4v) is 4.60. The lowest BCUT2D eigenvalue weighted by Crippen LogP contribution is -2.50. The minimum atomic E-state index is -3.60. The molecule has 2 aromatic carbocycles. The van der Waals surface area contributed by atoms with Crippen LogP contribution in [0.25, 0.3) is 0 Å². The second kappa shape index (κ2) is 8.29. The molecule has 1 saturated heterocycles. The first-order valence-electron chi connectivity index (χ1n) is 8.70. The Balaban J connectivity index is 1.67. The smallest absolute Gasteiger partial charge is 0.255 e. The van der Waals surface area contributed by atoms with Gasteiger partial charge in [0.05, 0.1) is 22.1 Å². The number of halogens is 1. The number of hydrogen-bond acceptors (Lipinski definition) is 4. The minimum absolute atomic E-state index is 0.182. The first-order chi connectivity index (χ1) is 12.9. The fourth-order valence-electron chi connectivity index (χ4n) is 2.96. The molecule has 0 N–H and O–H groups in total. The van der Waals surface area contributed by atoms with Crippen molar-refractivity contribution in [2.45, 2.75) is 11.8 Å². The van der Waals surface area contributed by atoms with Crippen molar-refractivity contribution < 1.29 is 17.9 Å². The number of sulfonamides is 1. The summed E-state index contributed by atoms with van der Waals surface area (Å²) in [6, 6.07) is 13.2. The molecule has 27 heavy (non-hydrogen) atoms. The lowest BCUT2D eigenvalue weighted by atomic mass is 10.2. The Morgan fingerprint density at radius 3 is 2.26 bits per heavy atom. The molecule has 0 bridgehead atoms. The predicted molar refractivity (Wildman–Crippen MR) is 104 cm³/mol. The molecule has 8 heteroatoms. The van der Waals surface area contributed by atoms with Crippen LogP contribution in [0.3, 0.4) is 0 Å². The van der Waals surface area contributed by atoms with E-state index < -0.39 is 10.0 Å². The topological polar surface area (TPSA) is 66.9 Å². The zero-order valence-electron chi connectivity index (χ0n) is 15.0. The molecule has 1 aliphatic heterocycles. The van der Waals surface area contributed by atoms with Crippen LogP contribution in [-0.4, -0.2) is 56.3 Å². The van der Waals surface area contributed by atoms with Crippen LogP contribution < -0.4 is 4.74 Å². The third-order valence-electron chi connectivity index (χ3n) is 4.40. The van der Waals surface area contributed by atoms with Crippen LogP contribution in [0.2, 0.25) is 5.02 Å². The average Bonchev–Trinajstić information content (AvgIpc) is 2.69. The van der Waals surface area contributed by atoms with Gasteiger partial charge in [0.25, 0.3) is 5.91 Å². The predicted octanol–water partition coefficient (Wildman–Crippen LogP) is 2.89. The van der Waals surface area contributed by atoms with E-state index in [0.717, 1.165) is 0 Å². The van der Waals surface area contributed by atoms with Gasteiger partial charge in [-0.3, -0.25) is 4.79 Å². The van der Waals surface area contributed by atoms with Crippen molar-refractivity contribution in [3.63, 3.8) is 0 Å². The molecule has 0 aliphatic carbocycles. The molecule has 0 spiro atoms. The third-order valence-corrected chi connectivity index (χ3v) is 6.65. The van der Waals surface area contributed by atoms with Crippen LogP contribution in [-0.2, 0) is 10.0 Å². The summed E-state index contributed by atoms with van der Waals surface area (Å²) in [6.45, 7) is 3.51. The summed E-state index contributed by atoms with van der Waals surface area (Å²) >= 11 is 6.09. The summed E-state index contributed by atoms with van der Waals surface area (Å²) in [7, 11) is -3.60. The highest BCUT2D eigenvalue weighted by Gasteiger charge is 2.30. The normalized spacial score (nSPS) is 15.6. The monoisotopic (exact) mass is 408 g/mol. The van der Waals surface area contributed by atoms with Crippen molar-refractivity contribution in [3.8, 4) is 5.75 Å². The number of amides is 1. The molecule has 0 atom stereocenters. The van der Waals surface area contributed by atoms with Gasteiger partial charge in [0.2, 0.25) is 10.0 Å². The molecule has 6 nitrogen and oxygen atoms in total. The largest absolute Gasteiger partial charge is 0.494 e. The van der Waals surface area contributed by atoms with Crippen LogP contribution in [0, 0.1) is 0 Å². The number of benzene rings is 2. The van der Waals surface area contributed by atoms with Gasteiger partial charge in [-0.2, -0.15) is 4.31 Å². The van der Waals surface area contributed by atoms with E-state index in [1.165, 1.54) is 4.31 Å². The molecular weight excluding hydrogens is 388 g/mol. The molecule has 0 unspecified atom stereocenters. The van der Waals surface area contributed by atoms with Crippen LogP contribution in [0.5, 0.6) is 5.75 Å². The van der Waals surface area contributed by atoms with Crippen LogP contribution in [0.1, 0.15) is 17.3 Å². The van der Waals surface area contributed by atoms with E-state index in [0.29, 0.717) is 36.0 Å². The molecule has 1 aliphatic rings. The Bertz CT molecular complexity index is 908. The molecule has 1 heterocycles. The first kappa shape index (κ1) is 19.7. The highest BCUT2D eigenvalue weighted by Crippen LogP contribution is 2.22. The van der Waals surface area contributed by atoms with Gasteiger partial charge in [-0.15, -0.1) is 0 Å². The van der Waals surface area contributed by atoms with E-state index in [1.54, 1.807) is 53.4 Å². The standard InChI is InChI=1S/C19H21ClN2O4S/c1-2-26-15-7-9-16(10-8-15)27(24,25)22-13-11-21(12-14-22)19(23)17-5-3-4-6-18(17)20/h3-10H,2,11-14H2,1H3. The van der Waals surface area contributed by atoms with Crippen molar-refractivity contribution >= 4 is 27.5 Å². The summed E-state index contributed by atoms with van der Waals surface area (Å²) < 4.78 is 32.4. The second-order valence-electron chi connectivity index (χ2n) is 6.08. The van der Waals surface area contributed by atoms with E-state index in [9.17, 15) is 13.2 Å². The molecule has 2 aromatic rings. The molecule has 0 aromatic heterocycles. The molecule has 1 fully saturated rings. The van der Waals surface area contributed by atoms with Gasteiger partial charge in [-0.1, -0.05) is 23.7 Å². The van der Waals surface area contributed by atoms with Crippen molar-refractivity contribution in [2.24, 2.45) is 0 Å². The Labute approximate surface area is 164 Å². The zero-order chi connectivity index (χ0) is 19.4. The van der Waals surface area contributed by atoms with Gasteiger partial charge < -0.3 is 9.64 Å². The molecular formula is C19H21ClN2O4S. The number of hydrogen-bond donors (Lipinski definition) is 0.